The van der Waals surface area contributed by atoms with E-state index in [0.717, 1.165) is 36.9 Å². The monoisotopic (exact) mass is 401 g/mol. The number of ether oxygens (including phenoxy) is 2. The van der Waals surface area contributed by atoms with E-state index in [9.17, 15) is 4.79 Å². The lowest BCUT2D eigenvalue weighted by molar-refractivity contribution is 0.0532. The Bertz CT molecular complexity index is 678. The Hall–Kier alpha value is -1.27. The molecular weight excluding hydrogens is 381 g/mol. The molecule has 0 amide bonds. The van der Waals surface area contributed by atoms with Gasteiger partial charge in [0, 0.05) is 13.1 Å². The molecule has 1 aliphatic rings. The third-order valence-corrected chi connectivity index (χ3v) is 5.52. The summed E-state index contributed by atoms with van der Waals surface area (Å²) < 4.78 is 10.3. The summed E-state index contributed by atoms with van der Waals surface area (Å²) in [6.07, 6.45) is 0. The molecule has 3 rings (SSSR count). The third kappa shape index (κ3) is 5.89. The summed E-state index contributed by atoms with van der Waals surface area (Å²) in [4.78, 5) is 14.6. The van der Waals surface area contributed by atoms with Crippen LogP contribution in [0.4, 0.5) is 5.00 Å². The minimum absolute atomic E-state index is 0.222. The number of aryl methyl sites for hydroxylation is 1. The highest BCUT2D eigenvalue weighted by molar-refractivity contribution is 7.18. The van der Waals surface area contributed by atoms with E-state index in [1.807, 2.05) is 32.0 Å². The fourth-order valence-corrected chi connectivity index (χ4v) is 3.68. The van der Waals surface area contributed by atoms with Crippen LogP contribution in [0, 0.1) is 6.92 Å². The zero-order valence-electron chi connectivity index (χ0n) is 14.3. The number of hydrogen-bond acceptors (Lipinski definition) is 5. The van der Waals surface area contributed by atoms with Crippen molar-refractivity contribution >= 4 is 45.5 Å². The van der Waals surface area contributed by atoms with Crippen LogP contribution in [0.3, 0.4) is 0 Å². The molecule has 0 unspecified atom stereocenters. The highest BCUT2D eigenvalue weighted by atomic mass is 35.5. The van der Waals surface area contributed by atoms with Crippen molar-refractivity contribution in [3.8, 4) is 0 Å². The van der Waals surface area contributed by atoms with Crippen molar-refractivity contribution < 1.29 is 14.3 Å². The van der Waals surface area contributed by atoms with Gasteiger partial charge in [0.2, 0.25) is 0 Å². The summed E-state index contributed by atoms with van der Waals surface area (Å²) in [5.74, 6) is -0.222. The lowest BCUT2D eigenvalue weighted by Crippen LogP contribution is -2.35. The molecule has 0 saturated carbocycles. The Labute approximate surface area is 162 Å². The Morgan fingerprint density at radius 1 is 1.24 bits per heavy atom. The van der Waals surface area contributed by atoms with Crippen LogP contribution in [0.1, 0.15) is 22.2 Å². The molecular formula is C18H21Cl2NO3S. The molecule has 136 valence electrons. The number of carbonyl (C=O) groups is 1. The summed E-state index contributed by atoms with van der Waals surface area (Å²) in [6.45, 7) is 7.57. The highest BCUT2D eigenvalue weighted by Gasteiger charge is 2.19. The van der Waals surface area contributed by atoms with Crippen LogP contribution < -0.4 is 4.90 Å². The molecule has 0 atom stereocenters. The average Bonchev–Trinajstić information content (AvgIpc) is 3.01. The molecule has 1 aliphatic heterocycles. The van der Waals surface area contributed by atoms with Gasteiger partial charge in [-0.2, -0.15) is 0 Å². The third-order valence-electron chi connectivity index (χ3n) is 3.49. The normalized spacial score (nSPS) is 13.8. The predicted molar refractivity (Wildman–Crippen MR) is 105 cm³/mol. The Kier molecular flexibility index (Phi) is 8.03. The van der Waals surface area contributed by atoms with Crippen LogP contribution >= 0.6 is 34.5 Å². The van der Waals surface area contributed by atoms with Gasteiger partial charge in [0.15, 0.2) is 0 Å². The molecule has 1 saturated heterocycles. The number of rotatable bonds is 3. The molecule has 4 nitrogen and oxygen atoms in total. The molecule has 2 heterocycles. The van der Waals surface area contributed by atoms with Crippen molar-refractivity contribution in [2.45, 2.75) is 13.8 Å². The van der Waals surface area contributed by atoms with Gasteiger partial charge < -0.3 is 14.4 Å². The van der Waals surface area contributed by atoms with Crippen molar-refractivity contribution in [3.05, 3.63) is 50.8 Å². The molecule has 25 heavy (non-hydrogen) atoms. The lowest BCUT2D eigenvalue weighted by Gasteiger charge is -2.28. The fraction of sp³-hybridized carbons (Fsp3) is 0.389. The molecule has 1 aromatic carbocycles. The van der Waals surface area contributed by atoms with Crippen molar-refractivity contribution in [3.63, 3.8) is 0 Å². The maximum absolute atomic E-state index is 11.6. The van der Waals surface area contributed by atoms with E-state index in [2.05, 4.69) is 4.90 Å². The number of halogens is 2. The molecule has 7 heteroatoms. The number of thiophene rings is 1. The first-order valence-electron chi connectivity index (χ1n) is 8.03. The van der Waals surface area contributed by atoms with Gasteiger partial charge in [0.25, 0.3) is 0 Å². The van der Waals surface area contributed by atoms with Gasteiger partial charge in [0.05, 0.1) is 34.9 Å². The smallest absolute Gasteiger partial charge is 0.348 e. The quantitative estimate of drug-likeness (QED) is 0.673. The SMILES string of the molecule is CCOC(=O)c1cc(C)c(N2CCOCC2)s1.Clc1ccccc1Cl. The Balaban J connectivity index is 0.000000236. The molecule has 1 fully saturated rings. The van der Waals surface area contributed by atoms with E-state index in [0.29, 0.717) is 21.5 Å². The van der Waals surface area contributed by atoms with E-state index < -0.39 is 0 Å². The first-order chi connectivity index (χ1) is 12.0. The maximum atomic E-state index is 11.6. The molecule has 0 spiro atoms. The van der Waals surface area contributed by atoms with Crippen LogP contribution in [0.15, 0.2) is 30.3 Å². The zero-order chi connectivity index (χ0) is 18.2. The number of nitrogens with zero attached hydrogens (tertiary/aromatic N) is 1. The van der Waals surface area contributed by atoms with Crippen LogP contribution in [0.5, 0.6) is 0 Å². The summed E-state index contributed by atoms with van der Waals surface area (Å²) in [5.41, 5.74) is 1.14. The second-order valence-corrected chi connectivity index (χ2v) is 7.18. The van der Waals surface area contributed by atoms with Crippen LogP contribution in [0.25, 0.3) is 0 Å². The number of carbonyl (C=O) groups excluding carboxylic acids is 1. The second kappa shape index (κ2) is 10.0. The van der Waals surface area contributed by atoms with E-state index >= 15 is 0 Å². The van der Waals surface area contributed by atoms with E-state index in [4.69, 9.17) is 32.7 Å². The second-order valence-electron chi connectivity index (χ2n) is 5.33. The molecule has 1 aromatic heterocycles. The molecule has 0 N–H and O–H groups in total. The van der Waals surface area contributed by atoms with Crippen LogP contribution in [-0.4, -0.2) is 38.9 Å². The van der Waals surface area contributed by atoms with Crippen molar-refractivity contribution in [1.29, 1.82) is 0 Å². The first kappa shape index (κ1) is 20.0. The minimum atomic E-state index is -0.222. The highest BCUT2D eigenvalue weighted by Crippen LogP contribution is 2.32. The Morgan fingerprint density at radius 3 is 2.36 bits per heavy atom. The standard InChI is InChI=1S/C12H17NO3S.C6H4Cl2/c1-3-16-12(14)10-8-9(2)11(17-10)13-4-6-15-7-5-13;7-5-3-1-2-4-6(5)8/h8H,3-7H2,1-2H3;1-4H. The number of benzene rings is 1. The minimum Gasteiger partial charge on any atom is -0.462 e. The summed E-state index contributed by atoms with van der Waals surface area (Å²) in [5, 5.41) is 2.37. The van der Waals surface area contributed by atoms with Crippen molar-refractivity contribution in [2.24, 2.45) is 0 Å². The van der Waals surface area contributed by atoms with Crippen molar-refractivity contribution in [2.75, 3.05) is 37.8 Å². The molecule has 0 aliphatic carbocycles. The maximum Gasteiger partial charge on any atom is 0.348 e. The van der Waals surface area contributed by atoms with Crippen LogP contribution in [0.2, 0.25) is 10.0 Å². The van der Waals surface area contributed by atoms with Crippen molar-refractivity contribution in [1.82, 2.24) is 0 Å². The topological polar surface area (TPSA) is 38.8 Å². The summed E-state index contributed by atoms with van der Waals surface area (Å²) in [7, 11) is 0. The van der Waals surface area contributed by atoms with Gasteiger partial charge in [-0.05, 0) is 37.6 Å². The summed E-state index contributed by atoms with van der Waals surface area (Å²) >= 11 is 12.7. The van der Waals surface area contributed by atoms with Gasteiger partial charge in [-0.15, -0.1) is 11.3 Å². The number of hydrogen-bond donors (Lipinski definition) is 0. The fourth-order valence-electron chi connectivity index (χ4n) is 2.29. The first-order valence-corrected chi connectivity index (χ1v) is 9.60. The molecule has 2 aromatic rings. The summed E-state index contributed by atoms with van der Waals surface area (Å²) in [6, 6.07) is 9.10. The lowest BCUT2D eigenvalue weighted by atomic mass is 10.3. The molecule has 0 radical (unpaired) electrons. The van der Waals surface area contributed by atoms with E-state index in [-0.39, 0.29) is 5.97 Å². The molecule has 0 bridgehead atoms. The largest absolute Gasteiger partial charge is 0.462 e. The van der Waals surface area contributed by atoms with Gasteiger partial charge in [-0.3, -0.25) is 0 Å². The predicted octanol–water partition coefficient (Wildman–Crippen LogP) is 5.06. The van der Waals surface area contributed by atoms with Gasteiger partial charge in [-0.25, -0.2) is 4.79 Å². The van der Waals surface area contributed by atoms with Gasteiger partial charge in [-0.1, -0.05) is 35.3 Å². The van der Waals surface area contributed by atoms with Crippen LogP contribution in [-0.2, 0) is 9.47 Å². The Morgan fingerprint density at radius 2 is 1.84 bits per heavy atom. The van der Waals surface area contributed by atoms with E-state index in [1.165, 1.54) is 11.3 Å². The number of esters is 1. The van der Waals surface area contributed by atoms with Gasteiger partial charge in [0.1, 0.15) is 4.88 Å². The van der Waals surface area contributed by atoms with E-state index in [1.54, 1.807) is 12.1 Å². The average molecular weight is 402 g/mol. The van der Waals surface area contributed by atoms with Gasteiger partial charge >= 0.3 is 5.97 Å². The number of morpholine rings is 1. The zero-order valence-corrected chi connectivity index (χ0v) is 16.6. The number of anilines is 1.